The fourth-order valence-electron chi connectivity index (χ4n) is 1.68. The van der Waals surface area contributed by atoms with Crippen LogP contribution in [0.5, 0.6) is 0 Å². The van der Waals surface area contributed by atoms with Crippen LogP contribution < -0.4 is 11.1 Å². The monoisotopic (exact) mass is 280 g/mol. The van der Waals surface area contributed by atoms with Gasteiger partial charge in [-0.05, 0) is 18.2 Å². The molecule has 2 rings (SSSR count). The van der Waals surface area contributed by atoms with Crippen molar-refractivity contribution in [2.24, 2.45) is 0 Å². The predicted molar refractivity (Wildman–Crippen MR) is 74.7 cm³/mol. The van der Waals surface area contributed by atoms with E-state index in [0.29, 0.717) is 12.2 Å². The Hall–Kier alpha value is -2.02. The number of H-pyrrole nitrogens is 1. The van der Waals surface area contributed by atoms with Crippen LogP contribution in [-0.2, 0) is 16.3 Å². The normalized spacial score (nSPS) is 11.4. The molecule has 6 nitrogen and oxygen atoms in total. The molecule has 0 saturated carbocycles. The van der Waals surface area contributed by atoms with E-state index in [0.717, 1.165) is 24.2 Å². The van der Waals surface area contributed by atoms with E-state index in [1.165, 1.54) is 6.07 Å². The molecule has 4 N–H and O–H groups in total. The predicted octanol–water partition coefficient (Wildman–Crippen LogP) is 1.05. The molecular formula is C12H16N4O2S. The first-order chi connectivity index (χ1) is 8.97. The molecular weight excluding hydrogens is 264 g/mol. The number of aromatic amines is 1. The number of aromatic nitrogens is 2. The molecule has 0 amide bonds. The van der Waals surface area contributed by atoms with Crippen LogP contribution >= 0.6 is 0 Å². The SMILES string of the molecule is CS(=O)(=O)c1ccc(NCCc2ncc[nH]2)c(N)c1. The number of nitrogen functional groups attached to an aromatic ring is 1. The highest BCUT2D eigenvalue weighted by Gasteiger charge is 2.09. The van der Waals surface area contributed by atoms with Gasteiger partial charge in [-0.15, -0.1) is 0 Å². The Balaban J connectivity index is 2.01. The molecule has 0 atom stereocenters. The number of imidazole rings is 1. The standard InChI is InChI=1S/C12H16N4O2S/c1-19(17,18)9-2-3-11(10(13)8-9)14-5-4-12-15-6-7-16-12/h2-3,6-8,14H,4-5,13H2,1H3,(H,15,16). The van der Waals surface area contributed by atoms with E-state index in [1.807, 2.05) is 0 Å². The molecule has 1 aromatic carbocycles. The Morgan fingerprint density at radius 2 is 2.21 bits per heavy atom. The molecule has 0 aliphatic rings. The highest BCUT2D eigenvalue weighted by Crippen LogP contribution is 2.22. The maximum atomic E-state index is 11.4. The van der Waals surface area contributed by atoms with Crippen LogP contribution in [0, 0.1) is 0 Å². The summed E-state index contributed by atoms with van der Waals surface area (Å²) < 4.78 is 22.8. The highest BCUT2D eigenvalue weighted by molar-refractivity contribution is 7.90. The van der Waals surface area contributed by atoms with E-state index < -0.39 is 9.84 Å². The van der Waals surface area contributed by atoms with Gasteiger partial charge in [0.15, 0.2) is 9.84 Å². The van der Waals surface area contributed by atoms with Gasteiger partial charge >= 0.3 is 0 Å². The lowest BCUT2D eigenvalue weighted by Gasteiger charge is -2.09. The number of benzene rings is 1. The van der Waals surface area contributed by atoms with Gasteiger partial charge in [0.2, 0.25) is 0 Å². The van der Waals surface area contributed by atoms with Gasteiger partial charge in [-0.1, -0.05) is 0 Å². The summed E-state index contributed by atoms with van der Waals surface area (Å²) >= 11 is 0. The van der Waals surface area contributed by atoms with Crippen LogP contribution in [0.2, 0.25) is 0 Å². The zero-order chi connectivity index (χ0) is 13.9. The van der Waals surface area contributed by atoms with E-state index in [1.54, 1.807) is 24.5 Å². The Morgan fingerprint density at radius 3 is 2.79 bits per heavy atom. The van der Waals surface area contributed by atoms with Gasteiger partial charge in [0.1, 0.15) is 5.82 Å². The average molecular weight is 280 g/mol. The average Bonchev–Trinajstić information content (AvgIpc) is 2.83. The Kier molecular flexibility index (Phi) is 3.75. The minimum atomic E-state index is -3.22. The first kappa shape index (κ1) is 13.4. The molecule has 0 unspecified atom stereocenters. The molecule has 0 saturated heterocycles. The van der Waals surface area contributed by atoms with E-state index in [-0.39, 0.29) is 4.90 Å². The third-order valence-corrected chi connectivity index (χ3v) is 3.79. The zero-order valence-corrected chi connectivity index (χ0v) is 11.4. The number of anilines is 2. The number of nitrogens with one attached hydrogen (secondary N) is 2. The van der Waals surface area contributed by atoms with Crippen molar-refractivity contribution < 1.29 is 8.42 Å². The largest absolute Gasteiger partial charge is 0.397 e. The molecule has 0 radical (unpaired) electrons. The number of sulfone groups is 1. The summed E-state index contributed by atoms with van der Waals surface area (Å²) in [6, 6.07) is 4.68. The molecule has 0 aliphatic carbocycles. The third-order valence-electron chi connectivity index (χ3n) is 2.68. The smallest absolute Gasteiger partial charge is 0.175 e. The van der Waals surface area contributed by atoms with Gasteiger partial charge in [-0.25, -0.2) is 13.4 Å². The van der Waals surface area contributed by atoms with Gasteiger partial charge in [-0.3, -0.25) is 0 Å². The van der Waals surface area contributed by atoms with E-state index in [2.05, 4.69) is 15.3 Å². The molecule has 0 aliphatic heterocycles. The van der Waals surface area contributed by atoms with Crippen molar-refractivity contribution in [1.82, 2.24) is 9.97 Å². The van der Waals surface area contributed by atoms with Crippen molar-refractivity contribution in [3.8, 4) is 0 Å². The van der Waals surface area contributed by atoms with Gasteiger partial charge in [-0.2, -0.15) is 0 Å². The topological polar surface area (TPSA) is 101 Å². The lowest BCUT2D eigenvalue weighted by atomic mass is 10.2. The number of hydrogen-bond acceptors (Lipinski definition) is 5. The maximum Gasteiger partial charge on any atom is 0.175 e. The molecule has 0 spiro atoms. The van der Waals surface area contributed by atoms with E-state index in [4.69, 9.17) is 5.73 Å². The molecule has 1 heterocycles. The van der Waals surface area contributed by atoms with Crippen LogP contribution in [0.4, 0.5) is 11.4 Å². The Labute approximate surface area is 112 Å². The first-order valence-electron chi connectivity index (χ1n) is 5.78. The number of nitrogens with two attached hydrogens (primary N) is 1. The van der Waals surface area contributed by atoms with Crippen LogP contribution in [-0.4, -0.2) is 31.2 Å². The van der Waals surface area contributed by atoms with Crippen molar-refractivity contribution in [3.63, 3.8) is 0 Å². The second-order valence-electron chi connectivity index (χ2n) is 4.23. The number of rotatable bonds is 5. The lowest BCUT2D eigenvalue weighted by molar-refractivity contribution is 0.602. The number of nitrogens with zero attached hydrogens (tertiary/aromatic N) is 1. The van der Waals surface area contributed by atoms with Gasteiger partial charge in [0.25, 0.3) is 0 Å². The van der Waals surface area contributed by atoms with E-state index in [9.17, 15) is 8.42 Å². The van der Waals surface area contributed by atoms with Crippen molar-refractivity contribution >= 4 is 21.2 Å². The summed E-state index contributed by atoms with van der Waals surface area (Å²) in [7, 11) is -3.22. The van der Waals surface area contributed by atoms with Crippen LogP contribution in [0.25, 0.3) is 0 Å². The lowest BCUT2D eigenvalue weighted by Crippen LogP contribution is -2.08. The van der Waals surface area contributed by atoms with Gasteiger partial charge in [0.05, 0.1) is 16.3 Å². The summed E-state index contributed by atoms with van der Waals surface area (Å²) in [6.45, 7) is 0.663. The summed E-state index contributed by atoms with van der Waals surface area (Å²) in [6.07, 6.45) is 5.36. The Bertz CT molecular complexity index is 650. The zero-order valence-electron chi connectivity index (χ0n) is 10.6. The van der Waals surface area contributed by atoms with Crippen molar-refractivity contribution in [3.05, 3.63) is 36.4 Å². The summed E-state index contributed by atoms with van der Waals surface area (Å²) in [5.41, 5.74) is 6.97. The first-order valence-corrected chi connectivity index (χ1v) is 7.67. The summed E-state index contributed by atoms with van der Waals surface area (Å²) in [4.78, 5) is 7.34. The summed E-state index contributed by atoms with van der Waals surface area (Å²) in [5.74, 6) is 0.888. The molecule has 19 heavy (non-hydrogen) atoms. The number of hydrogen-bond donors (Lipinski definition) is 3. The summed E-state index contributed by atoms with van der Waals surface area (Å²) in [5, 5.41) is 3.15. The molecule has 1 aromatic heterocycles. The van der Waals surface area contributed by atoms with Crippen LogP contribution in [0.1, 0.15) is 5.82 Å². The molecule has 0 fully saturated rings. The fourth-order valence-corrected chi connectivity index (χ4v) is 2.34. The Morgan fingerprint density at radius 1 is 1.42 bits per heavy atom. The maximum absolute atomic E-state index is 11.4. The minimum Gasteiger partial charge on any atom is -0.397 e. The van der Waals surface area contributed by atoms with Crippen molar-refractivity contribution in [1.29, 1.82) is 0 Å². The van der Waals surface area contributed by atoms with Gasteiger partial charge in [0, 0.05) is 31.6 Å². The second kappa shape index (κ2) is 5.31. The molecule has 102 valence electrons. The van der Waals surface area contributed by atoms with Crippen LogP contribution in [0.15, 0.2) is 35.5 Å². The quantitative estimate of drug-likeness (QED) is 0.711. The molecule has 2 aromatic rings. The molecule has 7 heteroatoms. The highest BCUT2D eigenvalue weighted by atomic mass is 32.2. The minimum absolute atomic E-state index is 0.224. The van der Waals surface area contributed by atoms with Gasteiger partial charge < -0.3 is 16.0 Å². The van der Waals surface area contributed by atoms with E-state index >= 15 is 0 Å². The van der Waals surface area contributed by atoms with Crippen molar-refractivity contribution in [2.75, 3.05) is 23.9 Å². The van der Waals surface area contributed by atoms with Crippen LogP contribution in [0.3, 0.4) is 0 Å². The van der Waals surface area contributed by atoms with Crippen molar-refractivity contribution in [2.45, 2.75) is 11.3 Å². The second-order valence-corrected chi connectivity index (χ2v) is 6.25. The molecule has 0 bridgehead atoms. The third kappa shape index (κ3) is 3.47. The fraction of sp³-hybridized carbons (Fsp3) is 0.250.